The van der Waals surface area contributed by atoms with Crippen LogP contribution in [-0.4, -0.2) is 21.8 Å². The lowest BCUT2D eigenvalue weighted by Gasteiger charge is -2.27. The fraction of sp³-hybridized carbons (Fsp3) is 0.321. The fourth-order valence-corrected chi connectivity index (χ4v) is 4.13. The van der Waals surface area contributed by atoms with Crippen molar-refractivity contribution in [2.45, 2.75) is 57.6 Å². The summed E-state index contributed by atoms with van der Waals surface area (Å²) in [5.74, 6) is -0.471. The number of carbonyl (C=O) groups is 2. The number of Topliss-reactive ketones (excluding diaryl/α,β-unsaturated/α-hetero) is 1. The van der Waals surface area contributed by atoms with Gasteiger partial charge >= 0.3 is 0 Å². The number of anilines is 1. The second-order valence-electron chi connectivity index (χ2n) is 9.97. The van der Waals surface area contributed by atoms with Crippen molar-refractivity contribution in [1.29, 1.82) is 0 Å². The topological polar surface area (TPSA) is 105 Å². The van der Waals surface area contributed by atoms with Crippen LogP contribution in [0.25, 0.3) is 11.3 Å². The minimum Gasteiger partial charge on any atom is -0.384 e. The SMILES string of the molecule is CC(C)(N)c1cc(-c2ccc(F)cc2)nc(C(C)(O)CCC(=O)c2ccc3c(c2)CCC(=O)N3)c1. The van der Waals surface area contributed by atoms with E-state index in [2.05, 4.69) is 10.3 Å². The van der Waals surface area contributed by atoms with Crippen LogP contribution in [0.4, 0.5) is 10.1 Å². The zero-order valence-corrected chi connectivity index (χ0v) is 20.2. The second-order valence-corrected chi connectivity index (χ2v) is 9.97. The number of hydrogen-bond acceptors (Lipinski definition) is 5. The van der Waals surface area contributed by atoms with Gasteiger partial charge in [0.2, 0.25) is 5.91 Å². The molecule has 1 atom stereocenters. The van der Waals surface area contributed by atoms with Crippen molar-refractivity contribution in [3.05, 3.63) is 82.8 Å². The molecular formula is C28H30FN3O3. The third kappa shape index (κ3) is 5.63. The summed E-state index contributed by atoms with van der Waals surface area (Å²) in [6, 6.07) is 14.8. The lowest BCUT2D eigenvalue weighted by atomic mass is 9.87. The van der Waals surface area contributed by atoms with Gasteiger partial charge in [-0.1, -0.05) is 0 Å². The van der Waals surface area contributed by atoms with Crippen LogP contribution in [0.3, 0.4) is 0 Å². The van der Waals surface area contributed by atoms with Gasteiger partial charge in [-0.25, -0.2) is 9.37 Å². The highest BCUT2D eigenvalue weighted by molar-refractivity contribution is 5.99. The minimum absolute atomic E-state index is 0.0250. The summed E-state index contributed by atoms with van der Waals surface area (Å²) < 4.78 is 13.4. The number of carbonyl (C=O) groups excluding carboxylic acids is 2. The molecule has 6 nitrogen and oxygen atoms in total. The number of ketones is 1. The molecule has 7 heteroatoms. The van der Waals surface area contributed by atoms with E-state index in [-0.39, 0.29) is 30.3 Å². The minimum atomic E-state index is -1.39. The van der Waals surface area contributed by atoms with Gasteiger partial charge in [0.1, 0.15) is 11.4 Å². The summed E-state index contributed by atoms with van der Waals surface area (Å²) in [6.07, 6.45) is 1.26. The highest BCUT2D eigenvalue weighted by Crippen LogP contribution is 2.32. The van der Waals surface area contributed by atoms with Gasteiger partial charge in [0.05, 0.1) is 11.4 Å². The number of nitrogens with two attached hydrogens (primary N) is 1. The van der Waals surface area contributed by atoms with E-state index in [1.807, 2.05) is 26.0 Å². The Morgan fingerprint density at radius 2 is 1.80 bits per heavy atom. The molecule has 4 N–H and O–H groups in total. The summed E-state index contributed by atoms with van der Waals surface area (Å²) >= 11 is 0. The molecule has 1 aromatic heterocycles. The monoisotopic (exact) mass is 475 g/mol. The largest absolute Gasteiger partial charge is 0.384 e. The molecule has 0 spiro atoms. The van der Waals surface area contributed by atoms with Crippen molar-refractivity contribution in [2.24, 2.45) is 5.73 Å². The maximum absolute atomic E-state index is 13.4. The number of pyridine rings is 1. The van der Waals surface area contributed by atoms with Crippen LogP contribution in [0, 0.1) is 5.82 Å². The lowest BCUT2D eigenvalue weighted by molar-refractivity contribution is -0.116. The Bertz CT molecular complexity index is 1280. The molecule has 0 fully saturated rings. The Hall–Kier alpha value is -3.42. The Balaban J connectivity index is 1.58. The molecule has 2 heterocycles. The highest BCUT2D eigenvalue weighted by atomic mass is 19.1. The van der Waals surface area contributed by atoms with Crippen LogP contribution in [-0.2, 0) is 22.4 Å². The van der Waals surface area contributed by atoms with Crippen molar-refractivity contribution in [3.8, 4) is 11.3 Å². The quantitative estimate of drug-likeness (QED) is 0.424. The van der Waals surface area contributed by atoms with Crippen LogP contribution in [0.1, 0.15) is 67.2 Å². The van der Waals surface area contributed by atoms with Crippen molar-refractivity contribution in [1.82, 2.24) is 4.98 Å². The first kappa shape index (κ1) is 24.7. The van der Waals surface area contributed by atoms with Gasteiger partial charge in [0, 0.05) is 35.2 Å². The van der Waals surface area contributed by atoms with Gasteiger partial charge in [0.15, 0.2) is 5.78 Å². The molecule has 1 amide bonds. The molecule has 1 aliphatic rings. The molecule has 3 aromatic rings. The number of amides is 1. The third-order valence-electron chi connectivity index (χ3n) is 6.42. The maximum atomic E-state index is 13.4. The molecule has 0 radical (unpaired) electrons. The second kappa shape index (κ2) is 9.32. The first-order chi connectivity index (χ1) is 16.4. The molecule has 182 valence electrons. The number of hydrogen-bond donors (Lipinski definition) is 3. The van der Waals surface area contributed by atoms with Crippen molar-refractivity contribution >= 4 is 17.4 Å². The van der Waals surface area contributed by atoms with E-state index in [0.29, 0.717) is 35.4 Å². The van der Waals surface area contributed by atoms with Gasteiger partial charge in [-0.05, 0) is 99.3 Å². The summed E-state index contributed by atoms with van der Waals surface area (Å²) in [5, 5.41) is 14.2. The lowest BCUT2D eigenvalue weighted by Crippen LogP contribution is -2.31. The first-order valence-electron chi connectivity index (χ1n) is 11.7. The molecule has 0 bridgehead atoms. The maximum Gasteiger partial charge on any atom is 0.224 e. The summed E-state index contributed by atoms with van der Waals surface area (Å²) in [7, 11) is 0. The van der Waals surface area contributed by atoms with Crippen LogP contribution in [0.2, 0.25) is 0 Å². The van der Waals surface area contributed by atoms with E-state index >= 15 is 0 Å². The Morgan fingerprint density at radius 1 is 1.09 bits per heavy atom. The summed E-state index contributed by atoms with van der Waals surface area (Å²) in [5.41, 5.74) is 8.92. The molecule has 1 aliphatic heterocycles. The van der Waals surface area contributed by atoms with Crippen molar-refractivity contribution in [3.63, 3.8) is 0 Å². The van der Waals surface area contributed by atoms with E-state index in [0.717, 1.165) is 16.8 Å². The van der Waals surface area contributed by atoms with Crippen LogP contribution < -0.4 is 11.1 Å². The molecular weight excluding hydrogens is 445 g/mol. The molecule has 0 saturated carbocycles. The van der Waals surface area contributed by atoms with Gasteiger partial charge in [-0.3, -0.25) is 9.59 Å². The zero-order valence-electron chi connectivity index (χ0n) is 20.2. The van der Waals surface area contributed by atoms with Crippen LogP contribution >= 0.6 is 0 Å². The standard InChI is InChI=1S/C28H30FN3O3/c1-27(2,30)20-15-23(17-4-8-21(29)9-5-17)31-25(16-20)28(3,35)13-12-24(33)19-6-10-22-18(14-19)7-11-26(34)32-22/h4-6,8-10,14-16,35H,7,11-13,30H2,1-3H3,(H,32,34). The Morgan fingerprint density at radius 3 is 2.49 bits per heavy atom. The molecule has 35 heavy (non-hydrogen) atoms. The number of aryl methyl sites for hydroxylation is 1. The average molecular weight is 476 g/mol. The number of rotatable bonds is 7. The van der Waals surface area contributed by atoms with Gasteiger partial charge in [0.25, 0.3) is 0 Å². The molecule has 2 aromatic carbocycles. The number of nitrogens with zero attached hydrogens (tertiary/aromatic N) is 1. The third-order valence-corrected chi connectivity index (χ3v) is 6.42. The van der Waals surface area contributed by atoms with Gasteiger partial charge < -0.3 is 16.2 Å². The zero-order chi connectivity index (χ0) is 25.4. The highest BCUT2D eigenvalue weighted by Gasteiger charge is 2.29. The predicted octanol–water partition coefficient (Wildman–Crippen LogP) is 4.84. The van der Waals surface area contributed by atoms with Crippen molar-refractivity contribution < 1.29 is 19.1 Å². The number of halogens is 1. The number of aliphatic hydroxyl groups is 1. The molecule has 1 unspecified atom stereocenters. The Kier molecular flexibility index (Phi) is 6.58. The van der Waals surface area contributed by atoms with E-state index < -0.39 is 11.1 Å². The van der Waals surface area contributed by atoms with Gasteiger partial charge in [-0.2, -0.15) is 0 Å². The molecule has 0 saturated heterocycles. The number of aromatic nitrogens is 1. The van der Waals surface area contributed by atoms with E-state index in [1.54, 1.807) is 37.3 Å². The predicted molar refractivity (Wildman–Crippen MR) is 133 cm³/mol. The number of benzene rings is 2. The molecule has 0 aliphatic carbocycles. The average Bonchev–Trinajstić information content (AvgIpc) is 2.82. The Labute approximate surface area is 204 Å². The smallest absolute Gasteiger partial charge is 0.224 e. The summed E-state index contributed by atoms with van der Waals surface area (Å²) in [4.78, 5) is 29.2. The van der Waals surface area contributed by atoms with E-state index in [9.17, 15) is 19.1 Å². The van der Waals surface area contributed by atoms with Crippen LogP contribution in [0.5, 0.6) is 0 Å². The van der Waals surface area contributed by atoms with E-state index in [1.165, 1.54) is 12.1 Å². The first-order valence-corrected chi connectivity index (χ1v) is 11.7. The summed E-state index contributed by atoms with van der Waals surface area (Å²) in [6.45, 7) is 5.35. The normalized spacial score (nSPS) is 15.2. The van der Waals surface area contributed by atoms with Gasteiger partial charge in [-0.15, -0.1) is 0 Å². The number of fused-ring (bicyclic) bond motifs is 1. The van der Waals surface area contributed by atoms with Crippen LogP contribution in [0.15, 0.2) is 54.6 Å². The van der Waals surface area contributed by atoms with E-state index in [4.69, 9.17) is 5.73 Å². The number of nitrogens with one attached hydrogen (secondary N) is 1. The molecule has 4 rings (SSSR count). The van der Waals surface area contributed by atoms with Crippen molar-refractivity contribution in [2.75, 3.05) is 5.32 Å². The fourth-order valence-electron chi connectivity index (χ4n) is 4.13.